The molecule has 1 unspecified atom stereocenters. The van der Waals surface area contributed by atoms with Crippen LogP contribution in [0.5, 0.6) is 11.5 Å². The van der Waals surface area contributed by atoms with Gasteiger partial charge in [0.05, 0.1) is 7.11 Å². The minimum atomic E-state index is -1.41. The van der Waals surface area contributed by atoms with Gasteiger partial charge in [-0.1, -0.05) is 23.9 Å². The van der Waals surface area contributed by atoms with Crippen LogP contribution in [0.2, 0.25) is 0 Å². The van der Waals surface area contributed by atoms with E-state index in [1.807, 2.05) is 0 Å². The van der Waals surface area contributed by atoms with Crippen molar-refractivity contribution in [3.63, 3.8) is 0 Å². The summed E-state index contributed by atoms with van der Waals surface area (Å²) < 4.78 is 66.7. The largest absolute Gasteiger partial charge is 0.493 e. The van der Waals surface area contributed by atoms with E-state index >= 15 is 0 Å². The van der Waals surface area contributed by atoms with Gasteiger partial charge >= 0.3 is 0 Å². The zero-order chi connectivity index (χ0) is 26.0. The van der Waals surface area contributed by atoms with Gasteiger partial charge in [-0.25, -0.2) is 22.6 Å². The number of hydrogen-bond acceptors (Lipinski definition) is 6. The van der Waals surface area contributed by atoms with Crippen molar-refractivity contribution in [3.8, 4) is 11.5 Å². The van der Waals surface area contributed by atoms with E-state index in [9.17, 15) is 27.2 Å². The molecule has 1 heterocycles. The standard InChI is InChI=1S/C24H17F4N3O4S/c1-34-18-4-2-3-15(21(18)35-11-19(29)32)24-31(23(33)20-16(27)9-14(26)10-17(20)28)30-22(36-24)12-5-7-13(25)8-6-12/h2-10,24H,11H2,1H3,(H2,29,32). The molecule has 36 heavy (non-hydrogen) atoms. The molecule has 0 saturated heterocycles. The van der Waals surface area contributed by atoms with Crippen molar-refractivity contribution in [2.24, 2.45) is 10.8 Å². The maximum atomic E-state index is 14.5. The number of primary amides is 1. The number of methoxy groups -OCH3 is 1. The molecule has 0 aliphatic carbocycles. The van der Waals surface area contributed by atoms with Gasteiger partial charge < -0.3 is 15.2 Å². The van der Waals surface area contributed by atoms with Gasteiger partial charge in [-0.3, -0.25) is 9.59 Å². The topological polar surface area (TPSA) is 94.2 Å². The number of ether oxygens (including phenoxy) is 2. The van der Waals surface area contributed by atoms with Crippen LogP contribution in [0, 0.1) is 23.3 Å². The molecular weight excluding hydrogens is 502 g/mol. The van der Waals surface area contributed by atoms with Crippen LogP contribution in [0.4, 0.5) is 17.6 Å². The molecule has 1 aliphatic heterocycles. The van der Waals surface area contributed by atoms with Crippen LogP contribution < -0.4 is 15.2 Å². The Balaban J connectivity index is 1.84. The van der Waals surface area contributed by atoms with E-state index in [-0.39, 0.29) is 22.1 Å². The molecule has 7 nitrogen and oxygen atoms in total. The molecule has 12 heteroatoms. The number of rotatable bonds is 7. The third-order valence-electron chi connectivity index (χ3n) is 5.02. The summed E-state index contributed by atoms with van der Waals surface area (Å²) >= 11 is 0.998. The van der Waals surface area contributed by atoms with Crippen molar-refractivity contribution in [3.05, 3.63) is 94.6 Å². The first-order valence-corrected chi connectivity index (χ1v) is 11.1. The van der Waals surface area contributed by atoms with Gasteiger partial charge in [-0.15, -0.1) is 0 Å². The zero-order valence-corrected chi connectivity index (χ0v) is 19.3. The highest BCUT2D eigenvalue weighted by Crippen LogP contribution is 2.47. The third kappa shape index (κ3) is 4.98. The highest BCUT2D eigenvalue weighted by molar-refractivity contribution is 8.14. The molecule has 3 aromatic carbocycles. The minimum absolute atomic E-state index is 0.0460. The lowest BCUT2D eigenvalue weighted by atomic mass is 10.1. The summed E-state index contributed by atoms with van der Waals surface area (Å²) in [7, 11) is 1.35. The highest BCUT2D eigenvalue weighted by atomic mass is 32.2. The maximum absolute atomic E-state index is 14.5. The Morgan fingerprint density at radius 1 is 1.03 bits per heavy atom. The van der Waals surface area contributed by atoms with Crippen molar-refractivity contribution in [2.75, 3.05) is 13.7 Å². The SMILES string of the molecule is COc1cccc(C2SC(c3ccc(F)cc3)=NN2C(=O)c2c(F)cc(F)cc2F)c1OCC(N)=O. The second kappa shape index (κ2) is 10.3. The van der Waals surface area contributed by atoms with Crippen molar-refractivity contribution in [2.45, 2.75) is 5.37 Å². The van der Waals surface area contributed by atoms with Gasteiger partial charge in [0.15, 0.2) is 18.1 Å². The Morgan fingerprint density at radius 3 is 2.31 bits per heavy atom. The summed E-state index contributed by atoms with van der Waals surface area (Å²) in [5.74, 6) is -6.27. The van der Waals surface area contributed by atoms with Gasteiger partial charge in [0, 0.05) is 23.3 Å². The third-order valence-corrected chi connectivity index (χ3v) is 6.24. The predicted octanol–water partition coefficient (Wildman–Crippen LogP) is 4.37. The molecule has 1 aliphatic rings. The van der Waals surface area contributed by atoms with E-state index in [4.69, 9.17) is 15.2 Å². The van der Waals surface area contributed by atoms with E-state index < -0.39 is 52.6 Å². The lowest BCUT2D eigenvalue weighted by Gasteiger charge is -2.24. The molecule has 0 fully saturated rings. The van der Waals surface area contributed by atoms with Crippen LogP contribution in [-0.4, -0.2) is 35.6 Å². The Kier molecular flexibility index (Phi) is 7.15. The average molecular weight is 519 g/mol. The van der Waals surface area contributed by atoms with Gasteiger partial charge in [0.1, 0.15) is 39.2 Å². The summed E-state index contributed by atoms with van der Waals surface area (Å²) in [5, 5.41) is 4.20. The first-order valence-electron chi connectivity index (χ1n) is 10.3. The molecule has 0 aromatic heterocycles. The van der Waals surface area contributed by atoms with Crippen LogP contribution in [0.25, 0.3) is 0 Å². The van der Waals surface area contributed by atoms with E-state index in [0.717, 1.165) is 16.8 Å². The number of benzene rings is 3. The lowest BCUT2D eigenvalue weighted by Crippen LogP contribution is -2.28. The van der Waals surface area contributed by atoms with E-state index in [1.165, 1.54) is 43.5 Å². The predicted molar refractivity (Wildman–Crippen MR) is 123 cm³/mol. The summed E-state index contributed by atoms with van der Waals surface area (Å²) in [5.41, 5.74) is 4.86. The first-order chi connectivity index (χ1) is 17.2. The monoisotopic (exact) mass is 519 g/mol. The minimum Gasteiger partial charge on any atom is -0.493 e. The fraction of sp³-hybridized carbons (Fsp3) is 0.125. The second-order valence-electron chi connectivity index (χ2n) is 7.41. The number of nitrogens with two attached hydrogens (primary N) is 1. The number of thioether (sulfide) groups is 1. The molecule has 0 radical (unpaired) electrons. The highest BCUT2D eigenvalue weighted by Gasteiger charge is 2.39. The lowest BCUT2D eigenvalue weighted by molar-refractivity contribution is -0.120. The molecule has 2 amide bonds. The number of hydrogen-bond donors (Lipinski definition) is 1. The zero-order valence-electron chi connectivity index (χ0n) is 18.5. The van der Waals surface area contributed by atoms with Gasteiger partial charge in [0.25, 0.3) is 11.8 Å². The van der Waals surface area contributed by atoms with Crippen molar-refractivity contribution < 1.29 is 36.6 Å². The van der Waals surface area contributed by atoms with Crippen molar-refractivity contribution in [1.29, 1.82) is 0 Å². The number of para-hydroxylation sites is 1. The number of carbonyl (C=O) groups excluding carboxylic acids is 2. The molecule has 1 atom stereocenters. The fourth-order valence-corrected chi connectivity index (χ4v) is 4.62. The summed E-state index contributed by atoms with van der Waals surface area (Å²) in [6.07, 6.45) is 0. The summed E-state index contributed by atoms with van der Waals surface area (Å²) in [4.78, 5) is 24.7. The molecule has 3 aromatic rings. The van der Waals surface area contributed by atoms with E-state index in [1.54, 1.807) is 6.07 Å². The Hall–Kier alpha value is -4.06. The smallest absolute Gasteiger partial charge is 0.281 e. The average Bonchev–Trinajstić information content (AvgIpc) is 3.27. The van der Waals surface area contributed by atoms with E-state index in [2.05, 4.69) is 5.10 Å². The number of amides is 2. The summed E-state index contributed by atoms with van der Waals surface area (Å²) in [6.45, 7) is -0.522. The molecule has 4 rings (SSSR count). The number of halogens is 4. The number of carbonyl (C=O) groups is 2. The van der Waals surface area contributed by atoms with Crippen molar-refractivity contribution in [1.82, 2.24) is 5.01 Å². The molecule has 0 spiro atoms. The fourth-order valence-electron chi connectivity index (χ4n) is 3.44. The van der Waals surface area contributed by atoms with Crippen LogP contribution >= 0.6 is 11.8 Å². The Morgan fingerprint density at radius 2 is 1.69 bits per heavy atom. The number of hydrazone groups is 1. The van der Waals surface area contributed by atoms with Crippen LogP contribution in [0.15, 0.2) is 59.7 Å². The maximum Gasteiger partial charge on any atom is 0.281 e. The normalized spacial score (nSPS) is 15.0. The van der Waals surface area contributed by atoms with Crippen LogP contribution in [-0.2, 0) is 4.79 Å². The molecule has 186 valence electrons. The van der Waals surface area contributed by atoms with Gasteiger partial charge in [-0.05, 0) is 30.3 Å². The second-order valence-corrected chi connectivity index (χ2v) is 8.48. The van der Waals surface area contributed by atoms with Crippen LogP contribution in [0.3, 0.4) is 0 Å². The Labute approximate surface area is 206 Å². The molecule has 2 N–H and O–H groups in total. The van der Waals surface area contributed by atoms with E-state index in [0.29, 0.717) is 17.7 Å². The van der Waals surface area contributed by atoms with Crippen molar-refractivity contribution >= 4 is 28.6 Å². The summed E-state index contributed by atoms with van der Waals surface area (Å²) in [6, 6.07) is 10.6. The van der Waals surface area contributed by atoms with Crippen LogP contribution in [0.1, 0.15) is 26.9 Å². The number of nitrogens with zero attached hydrogens (tertiary/aromatic N) is 2. The first kappa shape index (κ1) is 25.0. The quantitative estimate of drug-likeness (QED) is 0.468. The molecule has 0 bridgehead atoms. The van der Waals surface area contributed by atoms with Gasteiger partial charge in [-0.2, -0.15) is 5.10 Å². The molecule has 0 saturated carbocycles. The molecular formula is C24H17F4N3O4S. The van der Waals surface area contributed by atoms with Gasteiger partial charge in [0.2, 0.25) is 0 Å². The Bertz CT molecular complexity index is 1340.